The number of hydrogen-bond donors (Lipinski definition) is 1. The van der Waals surface area contributed by atoms with Crippen LogP contribution < -0.4 is 15.0 Å². The van der Waals surface area contributed by atoms with Crippen LogP contribution in [0.2, 0.25) is 5.02 Å². The molecule has 0 radical (unpaired) electrons. The lowest BCUT2D eigenvalue weighted by Gasteiger charge is -2.29. The highest BCUT2D eigenvalue weighted by atomic mass is 35.5. The summed E-state index contributed by atoms with van der Waals surface area (Å²) in [4.78, 5) is 14.5. The normalized spacial score (nSPS) is 14.3. The van der Waals surface area contributed by atoms with Gasteiger partial charge in [-0.3, -0.25) is 4.79 Å². The van der Waals surface area contributed by atoms with Crippen molar-refractivity contribution in [2.75, 3.05) is 43.6 Å². The Morgan fingerprint density at radius 2 is 1.88 bits per heavy atom. The van der Waals surface area contributed by atoms with Gasteiger partial charge in [-0.25, -0.2) is 0 Å². The first-order chi connectivity index (χ1) is 11.7. The van der Waals surface area contributed by atoms with E-state index in [2.05, 4.69) is 10.2 Å². The Balaban J connectivity index is 1.70. The highest BCUT2D eigenvalue weighted by Gasteiger charge is 2.15. The van der Waals surface area contributed by atoms with Gasteiger partial charge in [-0.15, -0.1) is 0 Å². The number of ether oxygens (including phenoxy) is 2. The van der Waals surface area contributed by atoms with Gasteiger partial charge >= 0.3 is 0 Å². The highest BCUT2D eigenvalue weighted by molar-refractivity contribution is 6.33. The second kappa shape index (κ2) is 7.55. The summed E-state index contributed by atoms with van der Waals surface area (Å²) in [5.74, 6) is 0.525. The molecule has 1 N–H and O–H groups in total. The van der Waals surface area contributed by atoms with Crippen molar-refractivity contribution in [2.24, 2.45) is 0 Å². The molecule has 0 saturated carbocycles. The van der Waals surface area contributed by atoms with Crippen LogP contribution in [0.15, 0.2) is 42.5 Å². The fourth-order valence-corrected chi connectivity index (χ4v) is 2.89. The van der Waals surface area contributed by atoms with Crippen molar-refractivity contribution < 1.29 is 14.3 Å². The summed E-state index contributed by atoms with van der Waals surface area (Å²) in [6.07, 6.45) is 0. The van der Waals surface area contributed by atoms with E-state index in [9.17, 15) is 4.79 Å². The lowest BCUT2D eigenvalue weighted by Crippen LogP contribution is -2.36. The molecule has 1 saturated heterocycles. The number of benzene rings is 2. The molecule has 6 heteroatoms. The molecule has 0 aromatic heterocycles. The first-order valence-electron chi connectivity index (χ1n) is 7.75. The summed E-state index contributed by atoms with van der Waals surface area (Å²) in [5.41, 5.74) is 2.18. The Labute approximate surface area is 146 Å². The lowest BCUT2D eigenvalue weighted by molar-refractivity contribution is 0.102. The molecule has 0 aliphatic carbocycles. The molecular weight excluding hydrogens is 328 g/mol. The van der Waals surface area contributed by atoms with Crippen LogP contribution in [-0.4, -0.2) is 39.3 Å². The van der Waals surface area contributed by atoms with Gasteiger partial charge < -0.3 is 19.7 Å². The van der Waals surface area contributed by atoms with Gasteiger partial charge in [0.25, 0.3) is 5.91 Å². The standard InChI is InChI=1S/C18H19ClN2O3/c1-23-15-5-2-13(3-6-15)18(22)20-14-4-7-17(16(19)12-14)21-8-10-24-11-9-21/h2-7,12H,8-11H2,1H3,(H,20,22). The number of morpholine rings is 1. The zero-order valence-corrected chi connectivity index (χ0v) is 14.2. The van der Waals surface area contributed by atoms with Crippen LogP contribution >= 0.6 is 11.6 Å². The number of nitrogens with one attached hydrogen (secondary N) is 1. The van der Waals surface area contributed by atoms with Crippen molar-refractivity contribution in [3.05, 3.63) is 53.1 Å². The van der Waals surface area contributed by atoms with Crippen LogP contribution in [0.3, 0.4) is 0 Å². The topological polar surface area (TPSA) is 50.8 Å². The first-order valence-corrected chi connectivity index (χ1v) is 8.13. The monoisotopic (exact) mass is 346 g/mol. The molecule has 0 unspecified atom stereocenters. The van der Waals surface area contributed by atoms with Crippen LogP contribution in [0.5, 0.6) is 5.75 Å². The summed E-state index contributed by atoms with van der Waals surface area (Å²) in [7, 11) is 1.59. The third-order valence-corrected chi connectivity index (χ3v) is 4.21. The van der Waals surface area contributed by atoms with Gasteiger partial charge in [0.1, 0.15) is 5.75 Å². The van der Waals surface area contributed by atoms with Gasteiger partial charge in [0.05, 0.1) is 31.0 Å². The number of hydrogen-bond acceptors (Lipinski definition) is 4. The van der Waals surface area contributed by atoms with Crippen molar-refractivity contribution in [3.63, 3.8) is 0 Å². The predicted molar refractivity (Wildman–Crippen MR) is 95.4 cm³/mol. The number of nitrogens with zero attached hydrogens (tertiary/aromatic N) is 1. The number of halogens is 1. The molecule has 0 atom stereocenters. The van der Waals surface area contributed by atoms with Gasteiger partial charge in [-0.2, -0.15) is 0 Å². The second-order valence-corrected chi connectivity index (χ2v) is 5.86. The number of anilines is 2. The van der Waals surface area contributed by atoms with Crippen LogP contribution in [0.4, 0.5) is 11.4 Å². The Hall–Kier alpha value is -2.24. The Kier molecular flexibility index (Phi) is 5.23. The van der Waals surface area contributed by atoms with Crippen LogP contribution in [-0.2, 0) is 4.74 Å². The van der Waals surface area contributed by atoms with Crippen LogP contribution in [0, 0.1) is 0 Å². The van der Waals surface area contributed by atoms with Gasteiger partial charge in [0.2, 0.25) is 0 Å². The molecule has 2 aromatic carbocycles. The van der Waals surface area contributed by atoms with Crippen molar-refractivity contribution in [1.82, 2.24) is 0 Å². The maximum atomic E-state index is 12.3. The molecular formula is C18H19ClN2O3. The molecule has 0 spiro atoms. The highest BCUT2D eigenvalue weighted by Crippen LogP contribution is 2.29. The van der Waals surface area contributed by atoms with Gasteiger partial charge in [0, 0.05) is 24.3 Å². The van der Waals surface area contributed by atoms with Crippen molar-refractivity contribution >= 4 is 28.9 Å². The Morgan fingerprint density at radius 3 is 2.50 bits per heavy atom. The van der Waals surface area contributed by atoms with E-state index >= 15 is 0 Å². The predicted octanol–water partition coefficient (Wildman–Crippen LogP) is 3.44. The maximum absolute atomic E-state index is 12.3. The van der Waals surface area contributed by atoms with E-state index in [1.165, 1.54) is 0 Å². The molecule has 1 fully saturated rings. The second-order valence-electron chi connectivity index (χ2n) is 5.45. The summed E-state index contributed by atoms with van der Waals surface area (Å²) in [6.45, 7) is 3.03. The Bertz CT molecular complexity index is 713. The average Bonchev–Trinajstić information content (AvgIpc) is 2.62. The van der Waals surface area contributed by atoms with E-state index in [1.807, 2.05) is 12.1 Å². The minimum absolute atomic E-state index is 0.187. The van der Waals surface area contributed by atoms with E-state index in [0.717, 1.165) is 18.8 Å². The summed E-state index contributed by atoms with van der Waals surface area (Å²) in [5, 5.41) is 3.47. The third-order valence-electron chi connectivity index (χ3n) is 3.91. The summed E-state index contributed by atoms with van der Waals surface area (Å²) < 4.78 is 10.4. The van der Waals surface area contributed by atoms with Gasteiger partial charge in [0.15, 0.2) is 0 Å². The average molecular weight is 347 g/mol. The molecule has 1 aliphatic heterocycles. The van der Waals surface area contributed by atoms with E-state index in [0.29, 0.717) is 35.2 Å². The minimum atomic E-state index is -0.187. The molecule has 2 aromatic rings. The van der Waals surface area contributed by atoms with Crippen LogP contribution in [0.1, 0.15) is 10.4 Å². The zero-order valence-electron chi connectivity index (χ0n) is 13.4. The summed E-state index contributed by atoms with van der Waals surface area (Å²) in [6, 6.07) is 12.5. The first kappa shape index (κ1) is 16.6. The molecule has 1 aliphatic rings. The largest absolute Gasteiger partial charge is 0.497 e. The molecule has 0 bridgehead atoms. The lowest BCUT2D eigenvalue weighted by atomic mass is 10.2. The molecule has 1 heterocycles. The zero-order chi connectivity index (χ0) is 16.9. The molecule has 126 valence electrons. The minimum Gasteiger partial charge on any atom is -0.497 e. The van der Waals surface area contributed by atoms with Crippen molar-refractivity contribution in [1.29, 1.82) is 0 Å². The molecule has 3 rings (SSSR count). The fourth-order valence-electron chi connectivity index (χ4n) is 2.59. The molecule has 5 nitrogen and oxygen atoms in total. The van der Waals surface area contributed by atoms with Gasteiger partial charge in [-0.05, 0) is 42.5 Å². The van der Waals surface area contributed by atoms with E-state index in [4.69, 9.17) is 21.1 Å². The smallest absolute Gasteiger partial charge is 0.255 e. The number of amides is 1. The number of carbonyl (C=O) groups is 1. The number of methoxy groups -OCH3 is 1. The third kappa shape index (κ3) is 3.80. The van der Waals surface area contributed by atoms with E-state index in [-0.39, 0.29) is 5.91 Å². The van der Waals surface area contributed by atoms with Crippen molar-refractivity contribution in [3.8, 4) is 5.75 Å². The molecule has 1 amide bonds. The fraction of sp³-hybridized carbons (Fsp3) is 0.278. The van der Waals surface area contributed by atoms with E-state index < -0.39 is 0 Å². The van der Waals surface area contributed by atoms with Crippen LogP contribution in [0.25, 0.3) is 0 Å². The molecule has 24 heavy (non-hydrogen) atoms. The number of rotatable bonds is 4. The van der Waals surface area contributed by atoms with Gasteiger partial charge in [-0.1, -0.05) is 11.6 Å². The number of carbonyl (C=O) groups excluding carboxylic acids is 1. The summed E-state index contributed by atoms with van der Waals surface area (Å²) >= 11 is 6.38. The maximum Gasteiger partial charge on any atom is 0.255 e. The van der Waals surface area contributed by atoms with Crippen molar-refractivity contribution in [2.45, 2.75) is 0 Å². The SMILES string of the molecule is COc1ccc(C(=O)Nc2ccc(N3CCOCC3)c(Cl)c2)cc1. The van der Waals surface area contributed by atoms with E-state index in [1.54, 1.807) is 37.4 Å². The Morgan fingerprint density at radius 1 is 1.17 bits per heavy atom. The quantitative estimate of drug-likeness (QED) is 0.921.